The van der Waals surface area contributed by atoms with Crippen molar-refractivity contribution >= 4 is 20.2 Å². The first kappa shape index (κ1) is 20.0. The van der Waals surface area contributed by atoms with Gasteiger partial charge in [0.1, 0.15) is 6.29 Å². The number of rotatable bonds is 5. The normalized spacial score (nSPS) is 26.9. The van der Waals surface area contributed by atoms with Crippen molar-refractivity contribution in [3.63, 3.8) is 0 Å². The highest BCUT2D eigenvalue weighted by atomic mass is 31.1. The fourth-order valence-corrected chi connectivity index (χ4v) is 5.33. The van der Waals surface area contributed by atoms with Crippen molar-refractivity contribution < 1.29 is 14.3 Å². The molecule has 3 aliphatic heterocycles. The van der Waals surface area contributed by atoms with Gasteiger partial charge in [-0.15, -0.1) is 0 Å². The van der Waals surface area contributed by atoms with Crippen LogP contribution >= 0.6 is 8.58 Å². The second-order valence-corrected chi connectivity index (χ2v) is 9.24. The average Bonchev–Trinajstić information content (AvgIpc) is 3.16. The van der Waals surface area contributed by atoms with Crippen molar-refractivity contribution in [3.8, 4) is 11.5 Å². The molecular weight excluding hydrogens is 385 g/mol. The predicted octanol–water partition coefficient (Wildman–Crippen LogP) is 2.98. The van der Waals surface area contributed by atoms with Crippen LogP contribution in [0.5, 0.6) is 11.5 Å². The Kier molecular flexibility index (Phi) is 5.93. The van der Waals surface area contributed by atoms with Crippen LogP contribution in [0.3, 0.4) is 0 Å². The van der Waals surface area contributed by atoms with Gasteiger partial charge in [-0.3, -0.25) is 4.79 Å². The minimum Gasteiger partial charge on any atom is -0.454 e. The van der Waals surface area contributed by atoms with E-state index in [0.29, 0.717) is 20.7 Å². The summed E-state index contributed by atoms with van der Waals surface area (Å²) in [7, 11) is 2.54. The Balaban J connectivity index is 1.47. The summed E-state index contributed by atoms with van der Waals surface area (Å²) in [6, 6.07) is 6.82. The van der Waals surface area contributed by atoms with E-state index >= 15 is 0 Å². The number of nitrogens with zero attached hydrogens (tertiary/aromatic N) is 2. The fourth-order valence-electron chi connectivity index (χ4n) is 4.05. The van der Waals surface area contributed by atoms with Crippen molar-refractivity contribution in [2.45, 2.75) is 31.7 Å². The molecule has 4 atom stereocenters. The first-order valence-corrected chi connectivity index (χ1v) is 11.1. The first-order valence-electron chi connectivity index (χ1n) is 9.98. The molecule has 0 saturated carbocycles. The second-order valence-electron chi connectivity index (χ2n) is 7.83. The zero-order valence-electron chi connectivity index (χ0n) is 17.1. The Labute approximate surface area is 174 Å². The lowest BCUT2D eigenvalue weighted by atomic mass is 10.1. The van der Waals surface area contributed by atoms with E-state index in [1.807, 2.05) is 18.2 Å². The maximum absolute atomic E-state index is 11.3. The number of carbonyl (C=O) groups is 1. The Morgan fingerprint density at radius 1 is 1.21 bits per heavy atom. The zero-order valence-corrected chi connectivity index (χ0v) is 18.1. The number of aldehydes is 1. The van der Waals surface area contributed by atoms with Gasteiger partial charge >= 0.3 is 0 Å². The van der Waals surface area contributed by atoms with Crippen LogP contribution in [0, 0.1) is 0 Å². The SMILES string of the molecule is CC1CN(C2=CN(C)C(P/C(=C\C=O)c3ccc4c(c3)OCO4)C=C2)C[C@H](C)N1. The third kappa shape index (κ3) is 4.49. The van der Waals surface area contributed by atoms with Gasteiger partial charge in [0.05, 0.1) is 11.5 Å². The molecule has 7 heteroatoms. The number of carbonyl (C=O) groups excluding carboxylic acids is 1. The Hall–Kier alpha value is -2.30. The topological polar surface area (TPSA) is 54.0 Å². The number of piperazine rings is 1. The second kappa shape index (κ2) is 8.60. The van der Waals surface area contributed by atoms with Gasteiger partial charge in [-0.1, -0.05) is 20.7 Å². The Bertz CT molecular complexity index is 857. The van der Waals surface area contributed by atoms with Crippen LogP contribution in [-0.2, 0) is 4.79 Å². The van der Waals surface area contributed by atoms with Crippen molar-refractivity contribution in [2.75, 3.05) is 26.9 Å². The first-order chi connectivity index (χ1) is 14.0. The molecule has 0 aromatic heterocycles. The predicted molar refractivity (Wildman–Crippen MR) is 117 cm³/mol. The van der Waals surface area contributed by atoms with Gasteiger partial charge in [0.2, 0.25) is 6.79 Å². The highest BCUT2D eigenvalue weighted by molar-refractivity contribution is 7.51. The van der Waals surface area contributed by atoms with Gasteiger partial charge in [0, 0.05) is 38.4 Å². The lowest BCUT2D eigenvalue weighted by molar-refractivity contribution is -0.104. The third-order valence-corrected chi connectivity index (χ3v) is 7.03. The molecule has 0 aliphatic carbocycles. The molecule has 1 aromatic carbocycles. The van der Waals surface area contributed by atoms with Crippen LogP contribution < -0.4 is 14.8 Å². The van der Waals surface area contributed by atoms with Crippen molar-refractivity contribution in [1.29, 1.82) is 0 Å². The van der Waals surface area contributed by atoms with Crippen LogP contribution in [0.25, 0.3) is 5.31 Å². The van der Waals surface area contributed by atoms with Crippen molar-refractivity contribution in [3.05, 3.63) is 53.9 Å². The van der Waals surface area contributed by atoms with Gasteiger partial charge in [-0.25, -0.2) is 0 Å². The smallest absolute Gasteiger partial charge is 0.231 e. The van der Waals surface area contributed by atoms with Crippen LogP contribution in [0.1, 0.15) is 19.4 Å². The monoisotopic (exact) mass is 413 g/mol. The molecule has 1 fully saturated rings. The fraction of sp³-hybridized carbons (Fsp3) is 0.409. The van der Waals surface area contributed by atoms with E-state index in [-0.39, 0.29) is 12.6 Å². The minimum atomic E-state index is 0.216. The summed E-state index contributed by atoms with van der Waals surface area (Å²) < 4.78 is 10.9. The van der Waals surface area contributed by atoms with Gasteiger partial charge in [-0.2, -0.15) is 0 Å². The van der Waals surface area contributed by atoms with Crippen LogP contribution in [0.4, 0.5) is 0 Å². The number of allylic oxidation sites excluding steroid dienone is 2. The number of hydrogen-bond donors (Lipinski definition) is 1. The minimum absolute atomic E-state index is 0.216. The summed E-state index contributed by atoms with van der Waals surface area (Å²) >= 11 is 0. The summed E-state index contributed by atoms with van der Waals surface area (Å²) in [6.07, 6.45) is 9.22. The molecule has 3 aliphatic rings. The van der Waals surface area contributed by atoms with E-state index in [4.69, 9.17) is 9.47 Å². The van der Waals surface area contributed by atoms with Gasteiger partial charge in [0.15, 0.2) is 11.5 Å². The number of hydrogen-bond acceptors (Lipinski definition) is 6. The standard InChI is InChI=1S/C22H28N3O3P/c1-15-11-25(12-16(2)23-15)18-5-7-22(24(3)13-18)29-21(8-9-26)17-4-6-19-20(10-17)28-14-27-19/h4-10,13,15-16,22-23,29H,11-12,14H2,1-3H3/b21-8-/t15-,16?,22?/m0/s1. The molecule has 0 radical (unpaired) electrons. The summed E-state index contributed by atoms with van der Waals surface area (Å²) in [5, 5.41) is 4.59. The molecule has 6 nitrogen and oxygen atoms in total. The van der Waals surface area contributed by atoms with Crippen LogP contribution in [0.15, 0.2) is 48.3 Å². The Morgan fingerprint density at radius 3 is 2.69 bits per heavy atom. The number of benzene rings is 1. The maximum atomic E-state index is 11.3. The molecule has 3 unspecified atom stereocenters. The van der Waals surface area contributed by atoms with Gasteiger partial charge in [-0.05, 0) is 49.0 Å². The van der Waals surface area contributed by atoms with E-state index in [1.165, 1.54) is 5.70 Å². The average molecular weight is 413 g/mol. The lowest BCUT2D eigenvalue weighted by Crippen LogP contribution is -2.53. The summed E-state index contributed by atoms with van der Waals surface area (Å²) in [6.45, 7) is 6.72. The van der Waals surface area contributed by atoms with E-state index in [1.54, 1.807) is 6.08 Å². The number of nitrogens with one attached hydrogen (secondary N) is 1. The quantitative estimate of drug-likeness (QED) is 0.455. The van der Waals surface area contributed by atoms with Crippen molar-refractivity contribution in [1.82, 2.24) is 15.1 Å². The molecule has 1 saturated heterocycles. The molecule has 0 amide bonds. The summed E-state index contributed by atoms with van der Waals surface area (Å²) in [5.41, 5.74) is 2.25. The third-order valence-electron chi connectivity index (χ3n) is 5.37. The largest absolute Gasteiger partial charge is 0.454 e. The summed E-state index contributed by atoms with van der Waals surface area (Å²) in [5.74, 6) is 1.71. The molecule has 29 heavy (non-hydrogen) atoms. The van der Waals surface area contributed by atoms with Crippen LogP contribution in [-0.4, -0.2) is 60.9 Å². The van der Waals surface area contributed by atoms with E-state index in [9.17, 15) is 4.79 Å². The zero-order chi connectivity index (χ0) is 20.4. The summed E-state index contributed by atoms with van der Waals surface area (Å²) in [4.78, 5) is 16.0. The molecular formula is C22H28N3O3P. The molecule has 3 heterocycles. The Morgan fingerprint density at radius 2 is 1.97 bits per heavy atom. The van der Waals surface area contributed by atoms with E-state index in [2.05, 4.69) is 54.4 Å². The van der Waals surface area contributed by atoms with Crippen molar-refractivity contribution in [2.24, 2.45) is 0 Å². The van der Waals surface area contributed by atoms with Gasteiger partial charge in [0.25, 0.3) is 0 Å². The highest BCUT2D eigenvalue weighted by Gasteiger charge is 2.25. The number of likely N-dealkylation sites (N-methyl/N-ethyl adjacent to an activating group) is 1. The van der Waals surface area contributed by atoms with Gasteiger partial charge < -0.3 is 24.6 Å². The molecule has 1 aromatic rings. The molecule has 1 N–H and O–H groups in total. The lowest BCUT2D eigenvalue weighted by Gasteiger charge is -2.40. The molecule has 0 spiro atoms. The molecule has 4 rings (SSSR count). The van der Waals surface area contributed by atoms with E-state index in [0.717, 1.165) is 41.8 Å². The van der Waals surface area contributed by atoms with Crippen LogP contribution in [0.2, 0.25) is 0 Å². The molecule has 154 valence electrons. The highest BCUT2D eigenvalue weighted by Crippen LogP contribution is 2.43. The maximum Gasteiger partial charge on any atom is 0.231 e. The number of ether oxygens (including phenoxy) is 2. The number of fused-ring (bicyclic) bond motifs is 1. The molecule has 0 bridgehead atoms. The van der Waals surface area contributed by atoms with E-state index < -0.39 is 0 Å².